The molecule has 1 rings (SSSR count). The van der Waals surface area contributed by atoms with Gasteiger partial charge in [-0.3, -0.25) is 0 Å². The summed E-state index contributed by atoms with van der Waals surface area (Å²) in [5, 5.41) is 10.5. The molecule has 0 aliphatic heterocycles. The Morgan fingerprint density at radius 3 is 2.00 bits per heavy atom. The van der Waals surface area contributed by atoms with Crippen LogP contribution in [0.2, 0.25) is 19.6 Å². The molecular weight excluding hydrogens is 192 g/mol. The first-order valence-corrected chi connectivity index (χ1v) is 8.25. The van der Waals surface area contributed by atoms with Gasteiger partial charge in [0.1, 0.15) is 8.07 Å². The number of hydrogen-bond donors (Lipinski definition) is 1. The average molecular weight is 210 g/mol. The van der Waals surface area contributed by atoms with Gasteiger partial charge in [0.2, 0.25) is 0 Å². The Balaban J connectivity index is 3.15. The van der Waals surface area contributed by atoms with E-state index in [-0.39, 0.29) is 0 Å². The van der Waals surface area contributed by atoms with Crippen molar-refractivity contribution in [2.75, 3.05) is 7.11 Å². The monoisotopic (exact) mass is 210 g/mol. The predicted molar refractivity (Wildman–Crippen MR) is 60.7 cm³/mol. The van der Waals surface area contributed by atoms with Crippen LogP contribution >= 0.6 is 0 Å². The number of methoxy groups -OCH3 is 1. The molecule has 0 spiro atoms. The van der Waals surface area contributed by atoms with Crippen molar-refractivity contribution in [1.82, 2.24) is 0 Å². The van der Waals surface area contributed by atoms with Crippen LogP contribution in [0.4, 0.5) is 0 Å². The molecule has 0 amide bonds. The summed E-state index contributed by atoms with van der Waals surface area (Å²) in [7, 11) is -0.258. The average Bonchev–Trinajstić information content (AvgIpc) is 2.16. The van der Waals surface area contributed by atoms with Crippen LogP contribution in [0.5, 0.6) is 0 Å². The van der Waals surface area contributed by atoms with Crippen LogP contribution in [0.15, 0.2) is 30.3 Å². The van der Waals surface area contributed by atoms with E-state index in [0.29, 0.717) is 0 Å². The highest BCUT2D eigenvalue weighted by Gasteiger charge is 2.43. The summed E-state index contributed by atoms with van der Waals surface area (Å²) >= 11 is 0. The second kappa shape index (κ2) is 3.85. The Morgan fingerprint density at radius 2 is 1.64 bits per heavy atom. The van der Waals surface area contributed by atoms with Crippen LogP contribution in [-0.4, -0.2) is 20.3 Å². The van der Waals surface area contributed by atoms with Crippen molar-refractivity contribution in [2.24, 2.45) is 0 Å². The Morgan fingerprint density at radius 1 is 1.14 bits per heavy atom. The Labute approximate surface area is 86.5 Å². The van der Waals surface area contributed by atoms with E-state index in [1.54, 1.807) is 7.11 Å². The summed E-state index contributed by atoms with van der Waals surface area (Å²) in [6, 6.07) is 9.58. The number of benzene rings is 1. The molecule has 14 heavy (non-hydrogen) atoms. The molecule has 1 aromatic carbocycles. The van der Waals surface area contributed by atoms with Gasteiger partial charge in [0.05, 0.1) is 0 Å². The zero-order valence-corrected chi connectivity index (χ0v) is 10.2. The molecule has 1 aromatic rings. The highest BCUT2D eigenvalue weighted by molar-refractivity contribution is 6.78. The van der Waals surface area contributed by atoms with Gasteiger partial charge in [0.25, 0.3) is 0 Å². The van der Waals surface area contributed by atoms with E-state index in [1.165, 1.54) is 0 Å². The maximum Gasteiger partial charge on any atom is 0.172 e. The molecule has 0 aliphatic carbocycles. The fourth-order valence-electron chi connectivity index (χ4n) is 1.52. The molecule has 0 saturated carbocycles. The van der Waals surface area contributed by atoms with Gasteiger partial charge in [-0.15, -0.1) is 0 Å². The summed E-state index contributed by atoms with van der Waals surface area (Å²) in [5.74, 6) is 0. The predicted octanol–water partition coefficient (Wildman–Crippen LogP) is 2.36. The van der Waals surface area contributed by atoms with E-state index in [1.807, 2.05) is 30.3 Å². The summed E-state index contributed by atoms with van der Waals surface area (Å²) in [4.78, 5) is 0. The lowest BCUT2D eigenvalue weighted by Gasteiger charge is -2.37. The summed E-state index contributed by atoms with van der Waals surface area (Å²) in [6.45, 7) is 6.26. The van der Waals surface area contributed by atoms with Crippen molar-refractivity contribution >= 4 is 8.07 Å². The molecule has 3 heteroatoms. The quantitative estimate of drug-likeness (QED) is 0.613. The fraction of sp³-hybridized carbons (Fsp3) is 0.455. The highest BCUT2D eigenvalue weighted by atomic mass is 28.3. The van der Waals surface area contributed by atoms with Gasteiger partial charge in [-0.05, 0) is 0 Å². The van der Waals surface area contributed by atoms with Gasteiger partial charge in [-0.2, -0.15) is 0 Å². The van der Waals surface area contributed by atoms with Gasteiger partial charge < -0.3 is 9.84 Å². The number of hydrogen-bond acceptors (Lipinski definition) is 2. The number of rotatable bonds is 3. The standard InChI is InChI=1S/C11H18O2Si/c1-13-11(12,14(2,3)4)10-8-6-5-7-9-10/h5-9,12H,1-4H3. The van der Waals surface area contributed by atoms with Crippen molar-refractivity contribution in [1.29, 1.82) is 0 Å². The third-order valence-electron chi connectivity index (χ3n) is 2.48. The molecule has 78 valence electrons. The molecule has 0 bridgehead atoms. The lowest BCUT2D eigenvalue weighted by atomic mass is 10.2. The number of aliphatic hydroxyl groups is 1. The van der Waals surface area contributed by atoms with Crippen LogP contribution in [-0.2, 0) is 10.1 Å². The van der Waals surface area contributed by atoms with Crippen molar-refractivity contribution < 1.29 is 9.84 Å². The Kier molecular flexibility index (Phi) is 3.14. The molecule has 0 fully saturated rings. The first-order valence-electron chi connectivity index (χ1n) is 4.75. The molecule has 0 radical (unpaired) electrons. The van der Waals surface area contributed by atoms with Gasteiger partial charge in [-0.1, -0.05) is 50.0 Å². The summed E-state index contributed by atoms with van der Waals surface area (Å²) in [6.07, 6.45) is 0. The molecule has 0 saturated heterocycles. The third kappa shape index (κ3) is 1.89. The fourth-order valence-corrected chi connectivity index (χ4v) is 3.17. The van der Waals surface area contributed by atoms with Crippen LogP contribution in [0.3, 0.4) is 0 Å². The molecular formula is C11H18O2Si. The van der Waals surface area contributed by atoms with E-state index in [9.17, 15) is 5.11 Å². The van der Waals surface area contributed by atoms with E-state index < -0.39 is 13.5 Å². The van der Waals surface area contributed by atoms with Crippen molar-refractivity contribution in [3.8, 4) is 0 Å². The molecule has 0 heterocycles. The summed E-state index contributed by atoms with van der Waals surface area (Å²) in [5.41, 5.74) is -0.240. The lowest BCUT2D eigenvalue weighted by Crippen LogP contribution is -2.50. The van der Waals surface area contributed by atoms with Crippen LogP contribution in [0, 0.1) is 0 Å². The minimum absolute atomic E-state index is 0.849. The van der Waals surface area contributed by atoms with Gasteiger partial charge >= 0.3 is 0 Å². The van der Waals surface area contributed by atoms with E-state index in [0.717, 1.165) is 5.56 Å². The van der Waals surface area contributed by atoms with E-state index in [4.69, 9.17) is 4.74 Å². The molecule has 2 nitrogen and oxygen atoms in total. The minimum Gasteiger partial charge on any atom is -0.365 e. The second-order valence-electron chi connectivity index (χ2n) is 4.46. The maximum atomic E-state index is 10.5. The van der Waals surface area contributed by atoms with Gasteiger partial charge in [0, 0.05) is 12.7 Å². The molecule has 1 unspecified atom stereocenters. The van der Waals surface area contributed by atoms with Gasteiger partial charge in [0.15, 0.2) is 5.41 Å². The smallest absolute Gasteiger partial charge is 0.172 e. The molecule has 0 aromatic heterocycles. The van der Waals surface area contributed by atoms with E-state index >= 15 is 0 Å². The number of ether oxygens (including phenoxy) is 1. The van der Waals surface area contributed by atoms with Crippen molar-refractivity contribution in [2.45, 2.75) is 25.1 Å². The minimum atomic E-state index is -1.82. The SMILES string of the molecule is COC(O)(c1ccccc1)[Si](C)(C)C. The topological polar surface area (TPSA) is 29.5 Å². The molecule has 0 aliphatic rings. The Hall–Kier alpha value is -0.643. The van der Waals surface area contributed by atoms with E-state index in [2.05, 4.69) is 19.6 Å². The van der Waals surface area contributed by atoms with Crippen LogP contribution < -0.4 is 0 Å². The summed E-state index contributed by atoms with van der Waals surface area (Å²) < 4.78 is 5.31. The molecule has 1 atom stereocenters. The van der Waals surface area contributed by atoms with Gasteiger partial charge in [-0.25, -0.2) is 0 Å². The Bertz CT molecular complexity index is 292. The highest BCUT2D eigenvalue weighted by Crippen LogP contribution is 2.31. The maximum absolute atomic E-state index is 10.5. The zero-order valence-electron chi connectivity index (χ0n) is 9.24. The first kappa shape index (κ1) is 11.4. The second-order valence-corrected chi connectivity index (χ2v) is 9.64. The largest absolute Gasteiger partial charge is 0.365 e. The zero-order chi connectivity index (χ0) is 10.8. The van der Waals surface area contributed by atoms with Crippen LogP contribution in [0.1, 0.15) is 5.56 Å². The van der Waals surface area contributed by atoms with Crippen molar-refractivity contribution in [3.63, 3.8) is 0 Å². The third-order valence-corrected chi connectivity index (χ3v) is 5.00. The lowest BCUT2D eigenvalue weighted by molar-refractivity contribution is -0.132. The first-order chi connectivity index (χ1) is 6.42. The molecule has 1 N–H and O–H groups in total. The normalized spacial score (nSPS) is 16.4. The van der Waals surface area contributed by atoms with Crippen LogP contribution in [0.25, 0.3) is 0 Å². The van der Waals surface area contributed by atoms with Crippen molar-refractivity contribution in [3.05, 3.63) is 35.9 Å².